The van der Waals surface area contributed by atoms with Gasteiger partial charge >= 0.3 is 6.09 Å². The van der Waals surface area contributed by atoms with E-state index in [-0.39, 0.29) is 17.8 Å². The lowest BCUT2D eigenvalue weighted by atomic mass is 10.2. The second-order valence-electron chi connectivity index (χ2n) is 7.09. The molecule has 3 aromatic rings. The van der Waals surface area contributed by atoms with E-state index in [4.69, 9.17) is 4.74 Å². The molecule has 2 N–H and O–H groups in total. The van der Waals surface area contributed by atoms with E-state index in [0.717, 1.165) is 10.6 Å². The molecule has 1 aromatic heterocycles. The van der Waals surface area contributed by atoms with E-state index in [1.54, 1.807) is 24.3 Å². The van der Waals surface area contributed by atoms with Crippen molar-refractivity contribution in [1.29, 1.82) is 0 Å². The molecule has 0 unspecified atom stereocenters. The fourth-order valence-corrected chi connectivity index (χ4v) is 2.67. The van der Waals surface area contributed by atoms with E-state index in [1.807, 2.05) is 13.8 Å². The summed E-state index contributed by atoms with van der Waals surface area (Å²) in [5, 5.41) is 5.32. The highest BCUT2D eigenvalue weighted by Crippen LogP contribution is 2.16. The summed E-state index contributed by atoms with van der Waals surface area (Å²) >= 11 is 0. The quantitative estimate of drug-likeness (QED) is 0.646. The van der Waals surface area contributed by atoms with Gasteiger partial charge in [0, 0.05) is 11.4 Å². The van der Waals surface area contributed by atoms with Crippen molar-refractivity contribution in [2.75, 3.05) is 17.2 Å². The normalized spacial score (nSPS) is 10.8. The number of nitrogens with zero attached hydrogens (tertiary/aromatic N) is 2. The number of rotatable bonds is 6. The number of aromatic nitrogens is 2. The topological polar surface area (TPSA) is 102 Å². The number of hydrogen-bond donors (Lipinski definition) is 2. The van der Waals surface area contributed by atoms with Crippen molar-refractivity contribution in [3.63, 3.8) is 0 Å². The van der Waals surface area contributed by atoms with Gasteiger partial charge in [-0.25, -0.2) is 14.2 Å². The predicted octanol–water partition coefficient (Wildman–Crippen LogP) is 3.38. The molecule has 1 heterocycles. The maximum Gasteiger partial charge on any atom is 0.411 e. The van der Waals surface area contributed by atoms with Crippen molar-refractivity contribution < 1.29 is 18.7 Å². The first-order valence-corrected chi connectivity index (χ1v) is 9.30. The number of benzene rings is 2. The highest BCUT2D eigenvalue weighted by molar-refractivity contribution is 5.92. The van der Waals surface area contributed by atoms with Crippen molar-refractivity contribution in [1.82, 2.24) is 9.55 Å². The smallest absolute Gasteiger partial charge is 0.411 e. The number of carbonyl (C=O) groups excluding carboxylic acids is 2. The third-order valence-electron chi connectivity index (χ3n) is 4.04. The Morgan fingerprint density at radius 3 is 2.60 bits per heavy atom. The van der Waals surface area contributed by atoms with Crippen molar-refractivity contribution in [3.8, 4) is 0 Å². The average molecular weight is 412 g/mol. The maximum absolute atomic E-state index is 13.4. The van der Waals surface area contributed by atoms with Gasteiger partial charge in [-0.1, -0.05) is 19.9 Å². The molecular formula is C21H21FN4O4. The molecule has 2 amide bonds. The van der Waals surface area contributed by atoms with E-state index < -0.39 is 23.4 Å². The standard InChI is InChI=1S/C21H21FN4O4/c1-13(2)11-30-21(29)25-16-5-3-4-15(9-16)24-19(27)10-26-12-23-18-7-6-14(22)8-17(18)20(26)28/h3-9,12-13H,10-11H2,1-2H3,(H,24,27)(H,25,29). The van der Waals surface area contributed by atoms with E-state index in [2.05, 4.69) is 15.6 Å². The summed E-state index contributed by atoms with van der Waals surface area (Å²) in [6.45, 7) is 3.85. The summed E-state index contributed by atoms with van der Waals surface area (Å²) in [6.07, 6.45) is 0.651. The first-order chi connectivity index (χ1) is 14.3. The fraction of sp³-hybridized carbons (Fsp3) is 0.238. The van der Waals surface area contributed by atoms with Crippen LogP contribution in [0.3, 0.4) is 0 Å². The van der Waals surface area contributed by atoms with E-state index >= 15 is 0 Å². The molecule has 0 saturated heterocycles. The van der Waals surface area contributed by atoms with Crippen LogP contribution >= 0.6 is 0 Å². The lowest BCUT2D eigenvalue weighted by molar-refractivity contribution is -0.116. The van der Waals surface area contributed by atoms with Gasteiger partial charge in [0.1, 0.15) is 12.4 Å². The van der Waals surface area contributed by atoms with Crippen LogP contribution in [0.15, 0.2) is 53.6 Å². The minimum absolute atomic E-state index is 0.0939. The number of carbonyl (C=O) groups is 2. The van der Waals surface area contributed by atoms with Crippen molar-refractivity contribution in [2.24, 2.45) is 5.92 Å². The second-order valence-corrected chi connectivity index (χ2v) is 7.09. The van der Waals surface area contributed by atoms with Crippen LogP contribution < -0.4 is 16.2 Å². The summed E-state index contributed by atoms with van der Waals surface area (Å²) in [5.41, 5.74) is 0.704. The van der Waals surface area contributed by atoms with Gasteiger partial charge in [0.15, 0.2) is 0 Å². The lowest BCUT2D eigenvalue weighted by Gasteiger charge is -2.11. The number of nitrogens with one attached hydrogen (secondary N) is 2. The van der Waals surface area contributed by atoms with Crippen molar-refractivity contribution in [3.05, 3.63) is 65.0 Å². The highest BCUT2D eigenvalue weighted by atomic mass is 19.1. The molecule has 0 atom stereocenters. The van der Waals surface area contributed by atoms with Gasteiger partial charge < -0.3 is 10.1 Å². The Labute approximate surface area is 171 Å². The zero-order chi connectivity index (χ0) is 21.7. The van der Waals surface area contributed by atoms with Crippen LogP contribution in [0.4, 0.5) is 20.6 Å². The Hall–Kier alpha value is -3.75. The zero-order valence-corrected chi connectivity index (χ0v) is 16.5. The molecule has 0 aliphatic rings. The van der Waals surface area contributed by atoms with Gasteiger partial charge in [0.05, 0.1) is 23.8 Å². The lowest BCUT2D eigenvalue weighted by Crippen LogP contribution is -2.28. The molecule has 0 aliphatic carbocycles. The van der Waals surface area contributed by atoms with Gasteiger partial charge in [-0.3, -0.25) is 19.5 Å². The van der Waals surface area contributed by atoms with E-state index in [9.17, 15) is 18.8 Å². The zero-order valence-electron chi connectivity index (χ0n) is 16.5. The molecule has 30 heavy (non-hydrogen) atoms. The Morgan fingerprint density at radius 1 is 1.13 bits per heavy atom. The molecule has 0 bridgehead atoms. The molecular weight excluding hydrogens is 391 g/mol. The highest BCUT2D eigenvalue weighted by Gasteiger charge is 2.10. The number of anilines is 2. The monoisotopic (exact) mass is 412 g/mol. The van der Waals surface area contributed by atoms with Gasteiger partial charge in [0.25, 0.3) is 5.56 Å². The Balaban J connectivity index is 1.67. The van der Waals surface area contributed by atoms with Crippen LogP contribution in [0.1, 0.15) is 13.8 Å². The molecule has 8 nitrogen and oxygen atoms in total. The molecule has 0 saturated carbocycles. The van der Waals surface area contributed by atoms with Gasteiger partial charge in [-0.05, 0) is 42.3 Å². The number of fused-ring (bicyclic) bond motifs is 1. The third kappa shape index (κ3) is 5.40. The summed E-state index contributed by atoms with van der Waals surface area (Å²) in [5.74, 6) is -0.820. The second kappa shape index (κ2) is 9.17. The summed E-state index contributed by atoms with van der Waals surface area (Å²) < 4.78 is 19.6. The summed E-state index contributed by atoms with van der Waals surface area (Å²) in [6, 6.07) is 10.2. The summed E-state index contributed by atoms with van der Waals surface area (Å²) in [4.78, 5) is 40.7. The third-order valence-corrected chi connectivity index (χ3v) is 4.04. The largest absolute Gasteiger partial charge is 0.449 e. The molecule has 2 aromatic carbocycles. The molecule has 0 radical (unpaired) electrons. The van der Waals surface area contributed by atoms with Crippen LogP contribution in [0.5, 0.6) is 0 Å². The van der Waals surface area contributed by atoms with Gasteiger partial charge in [-0.2, -0.15) is 0 Å². The first-order valence-electron chi connectivity index (χ1n) is 9.30. The Bertz CT molecular complexity index is 1140. The molecule has 156 valence electrons. The molecule has 9 heteroatoms. The minimum atomic E-state index is -0.590. The van der Waals surface area contributed by atoms with Crippen LogP contribution in [0.25, 0.3) is 10.9 Å². The Kier molecular flexibility index (Phi) is 6.41. The molecule has 0 spiro atoms. The molecule has 0 fully saturated rings. The molecule has 3 rings (SSSR count). The average Bonchev–Trinajstić information content (AvgIpc) is 2.69. The van der Waals surface area contributed by atoms with E-state index in [1.165, 1.54) is 18.5 Å². The minimum Gasteiger partial charge on any atom is -0.449 e. The summed E-state index contributed by atoms with van der Waals surface area (Å²) in [7, 11) is 0. The van der Waals surface area contributed by atoms with Crippen molar-refractivity contribution >= 4 is 34.3 Å². The maximum atomic E-state index is 13.4. The Morgan fingerprint density at radius 2 is 1.87 bits per heavy atom. The van der Waals surface area contributed by atoms with Crippen molar-refractivity contribution in [2.45, 2.75) is 20.4 Å². The van der Waals surface area contributed by atoms with Crippen LogP contribution in [-0.4, -0.2) is 28.2 Å². The number of hydrogen-bond acceptors (Lipinski definition) is 5. The fourth-order valence-electron chi connectivity index (χ4n) is 2.67. The SMILES string of the molecule is CC(C)COC(=O)Nc1cccc(NC(=O)Cn2cnc3ccc(F)cc3c2=O)c1. The van der Waals surface area contributed by atoms with Crippen LogP contribution in [0.2, 0.25) is 0 Å². The number of halogens is 1. The van der Waals surface area contributed by atoms with E-state index in [0.29, 0.717) is 23.5 Å². The molecule has 0 aliphatic heterocycles. The first kappa shape index (κ1) is 21.0. The van der Waals surface area contributed by atoms with Gasteiger partial charge in [-0.15, -0.1) is 0 Å². The van der Waals surface area contributed by atoms with Crippen LogP contribution in [0, 0.1) is 11.7 Å². The van der Waals surface area contributed by atoms with Crippen LogP contribution in [-0.2, 0) is 16.1 Å². The van der Waals surface area contributed by atoms with Gasteiger partial charge in [0.2, 0.25) is 5.91 Å². The predicted molar refractivity (Wildman–Crippen MR) is 111 cm³/mol. The number of amides is 2. The number of ether oxygens (including phenoxy) is 1.